The van der Waals surface area contributed by atoms with Crippen molar-refractivity contribution < 1.29 is 9.84 Å². The van der Waals surface area contributed by atoms with Gasteiger partial charge < -0.3 is 9.84 Å². The fourth-order valence-corrected chi connectivity index (χ4v) is 1.73. The Morgan fingerprint density at radius 1 is 1.20 bits per heavy atom. The van der Waals surface area contributed by atoms with Gasteiger partial charge in [0.1, 0.15) is 0 Å². The molecular weight excluding hydrogens is 188 g/mol. The van der Waals surface area contributed by atoms with Gasteiger partial charge in [0.05, 0.1) is 12.2 Å². The normalized spacial score (nSPS) is 17.1. The molecule has 0 saturated carbocycles. The lowest BCUT2D eigenvalue weighted by Crippen LogP contribution is -2.16. The Morgan fingerprint density at radius 3 is 2.33 bits per heavy atom. The molecule has 0 aliphatic carbocycles. The van der Waals surface area contributed by atoms with Crippen LogP contribution in [-0.4, -0.2) is 18.3 Å². The van der Waals surface area contributed by atoms with Crippen LogP contribution in [0.15, 0.2) is 30.3 Å². The van der Waals surface area contributed by atoms with E-state index < -0.39 is 6.10 Å². The van der Waals surface area contributed by atoms with Crippen molar-refractivity contribution in [2.75, 3.05) is 7.11 Å². The molecule has 0 aliphatic rings. The Morgan fingerprint density at radius 2 is 1.80 bits per heavy atom. The van der Waals surface area contributed by atoms with Gasteiger partial charge in [0, 0.05) is 7.11 Å². The van der Waals surface area contributed by atoms with Gasteiger partial charge in [-0.25, -0.2) is 0 Å². The van der Waals surface area contributed by atoms with Gasteiger partial charge >= 0.3 is 0 Å². The second kappa shape index (κ2) is 5.89. The second-order valence-corrected chi connectivity index (χ2v) is 4.11. The highest BCUT2D eigenvalue weighted by molar-refractivity contribution is 5.17. The van der Waals surface area contributed by atoms with E-state index in [1.54, 1.807) is 7.11 Å². The van der Waals surface area contributed by atoms with Crippen LogP contribution in [0.25, 0.3) is 0 Å². The summed E-state index contributed by atoms with van der Waals surface area (Å²) in [4.78, 5) is 0. The standard InChI is InChI=1S/C13H20O2/c1-10(9-11(2)15-3)13(14)12-7-5-4-6-8-12/h4-8,10-11,13-14H,9H2,1-3H3. The van der Waals surface area contributed by atoms with Crippen molar-refractivity contribution in [1.29, 1.82) is 0 Å². The molecule has 2 heteroatoms. The van der Waals surface area contributed by atoms with Crippen LogP contribution in [0.1, 0.15) is 31.9 Å². The van der Waals surface area contributed by atoms with Gasteiger partial charge in [-0.15, -0.1) is 0 Å². The number of methoxy groups -OCH3 is 1. The minimum absolute atomic E-state index is 0.193. The molecule has 0 radical (unpaired) electrons. The van der Waals surface area contributed by atoms with Gasteiger partial charge in [0.25, 0.3) is 0 Å². The van der Waals surface area contributed by atoms with Crippen LogP contribution in [0, 0.1) is 5.92 Å². The van der Waals surface area contributed by atoms with Crippen LogP contribution < -0.4 is 0 Å². The molecule has 0 fully saturated rings. The Bertz CT molecular complexity index is 271. The first-order chi connectivity index (χ1) is 7.15. The molecule has 0 spiro atoms. The van der Waals surface area contributed by atoms with Crippen molar-refractivity contribution in [2.45, 2.75) is 32.5 Å². The number of hydrogen-bond donors (Lipinski definition) is 1. The minimum Gasteiger partial charge on any atom is -0.388 e. The largest absolute Gasteiger partial charge is 0.388 e. The third-order valence-electron chi connectivity index (χ3n) is 2.79. The Labute approximate surface area is 91.9 Å². The summed E-state index contributed by atoms with van der Waals surface area (Å²) in [5.74, 6) is 0.211. The maximum atomic E-state index is 10.1. The third-order valence-corrected chi connectivity index (χ3v) is 2.79. The van der Waals surface area contributed by atoms with E-state index in [0.29, 0.717) is 0 Å². The predicted octanol–water partition coefficient (Wildman–Crippen LogP) is 2.78. The van der Waals surface area contributed by atoms with Crippen LogP contribution >= 0.6 is 0 Å². The molecule has 0 heterocycles. The second-order valence-electron chi connectivity index (χ2n) is 4.11. The number of rotatable bonds is 5. The third kappa shape index (κ3) is 3.65. The zero-order chi connectivity index (χ0) is 11.3. The van der Waals surface area contributed by atoms with E-state index in [2.05, 4.69) is 0 Å². The summed E-state index contributed by atoms with van der Waals surface area (Å²) in [5, 5.41) is 10.1. The topological polar surface area (TPSA) is 29.5 Å². The predicted molar refractivity (Wildman–Crippen MR) is 61.7 cm³/mol. The maximum absolute atomic E-state index is 10.1. The zero-order valence-electron chi connectivity index (χ0n) is 9.68. The SMILES string of the molecule is COC(C)CC(C)C(O)c1ccccc1. The Balaban J connectivity index is 2.57. The molecule has 1 N–H and O–H groups in total. The van der Waals surface area contributed by atoms with Crippen molar-refractivity contribution in [3.05, 3.63) is 35.9 Å². The summed E-state index contributed by atoms with van der Waals surface area (Å²) in [7, 11) is 1.70. The van der Waals surface area contributed by atoms with Gasteiger partial charge in [0.2, 0.25) is 0 Å². The average molecular weight is 208 g/mol. The summed E-state index contributed by atoms with van der Waals surface area (Å²) in [6, 6.07) is 9.77. The van der Waals surface area contributed by atoms with E-state index in [9.17, 15) is 5.11 Å². The first kappa shape index (κ1) is 12.2. The number of ether oxygens (including phenoxy) is 1. The molecule has 2 nitrogen and oxygen atoms in total. The van der Waals surface area contributed by atoms with E-state index >= 15 is 0 Å². The highest BCUT2D eigenvalue weighted by Gasteiger charge is 2.18. The lowest BCUT2D eigenvalue weighted by atomic mass is 9.93. The molecule has 1 aromatic rings. The summed E-state index contributed by atoms with van der Waals surface area (Å²) in [6.45, 7) is 4.07. The van der Waals surface area contributed by atoms with Crippen molar-refractivity contribution in [3.8, 4) is 0 Å². The Hall–Kier alpha value is -0.860. The maximum Gasteiger partial charge on any atom is 0.0816 e. The molecule has 0 bridgehead atoms. The molecule has 0 aromatic heterocycles. The Kier molecular flexibility index (Phi) is 4.79. The van der Waals surface area contributed by atoms with Gasteiger partial charge in [-0.2, -0.15) is 0 Å². The molecular formula is C13H20O2. The first-order valence-corrected chi connectivity index (χ1v) is 5.41. The fraction of sp³-hybridized carbons (Fsp3) is 0.538. The van der Waals surface area contributed by atoms with Crippen molar-refractivity contribution in [1.82, 2.24) is 0 Å². The monoisotopic (exact) mass is 208 g/mol. The highest BCUT2D eigenvalue weighted by Crippen LogP contribution is 2.25. The van der Waals surface area contributed by atoms with E-state index in [4.69, 9.17) is 4.74 Å². The molecule has 0 saturated heterocycles. The number of benzene rings is 1. The zero-order valence-corrected chi connectivity index (χ0v) is 9.68. The molecule has 3 atom stereocenters. The van der Waals surface area contributed by atoms with Crippen LogP contribution in [0.3, 0.4) is 0 Å². The number of hydrogen-bond acceptors (Lipinski definition) is 2. The smallest absolute Gasteiger partial charge is 0.0816 e. The first-order valence-electron chi connectivity index (χ1n) is 5.41. The van der Waals surface area contributed by atoms with E-state index in [-0.39, 0.29) is 12.0 Å². The molecule has 1 rings (SSSR count). The van der Waals surface area contributed by atoms with Crippen LogP contribution in [0.2, 0.25) is 0 Å². The summed E-state index contributed by atoms with van der Waals surface area (Å²) >= 11 is 0. The van der Waals surface area contributed by atoms with Crippen LogP contribution in [-0.2, 0) is 4.74 Å². The van der Waals surface area contributed by atoms with E-state index in [1.165, 1.54) is 0 Å². The lowest BCUT2D eigenvalue weighted by molar-refractivity contribution is 0.0516. The van der Waals surface area contributed by atoms with Gasteiger partial charge in [-0.3, -0.25) is 0 Å². The van der Waals surface area contributed by atoms with Crippen LogP contribution in [0.4, 0.5) is 0 Å². The highest BCUT2D eigenvalue weighted by atomic mass is 16.5. The summed E-state index contributed by atoms with van der Waals surface area (Å²) < 4.78 is 5.20. The molecule has 84 valence electrons. The van der Waals surface area contributed by atoms with Crippen molar-refractivity contribution in [3.63, 3.8) is 0 Å². The number of aliphatic hydroxyl groups excluding tert-OH is 1. The molecule has 15 heavy (non-hydrogen) atoms. The summed E-state index contributed by atoms with van der Waals surface area (Å²) in [5.41, 5.74) is 0.980. The van der Waals surface area contributed by atoms with Crippen molar-refractivity contribution >= 4 is 0 Å². The van der Waals surface area contributed by atoms with Gasteiger partial charge in [0.15, 0.2) is 0 Å². The van der Waals surface area contributed by atoms with Gasteiger partial charge in [-0.1, -0.05) is 37.3 Å². The molecule has 0 aliphatic heterocycles. The lowest BCUT2D eigenvalue weighted by Gasteiger charge is -2.21. The molecule has 1 aromatic carbocycles. The summed E-state index contributed by atoms with van der Waals surface area (Å²) in [6.07, 6.45) is 0.661. The minimum atomic E-state index is -0.399. The fourth-order valence-electron chi connectivity index (χ4n) is 1.73. The quantitative estimate of drug-likeness (QED) is 0.806. The van der Waals surface area contributed by atoms with E-state index in [0.717, 1.165) is 12.0 Å². The average Bonchev–Trinajstić information content (AvgIpc) is 2.29. The number of aliphatic hydroxyl groups is 1. The van der Waals surface area contributed by atoms with E-state index in [1.807, 2.05) is 44.2 Å². The van der Waals surface area contributed by atoms with Crippen LogP contribution in [0.5, 0.6) is 0 Å². The molecule has 0 amide bonds. The molecule has 3 unspecified atom stereocenters. The van der Waals surface area contributed by atoms with Crippen molar-refractivity contribution in [2.24, 2.45) is 5.92 Å². The van der Waals surface area contributed by atoms with Gasteiger partial charge in [-0.05, 0) is 24.8 Å².